The summed E-state index contributed by atoms with van der Waals surface area (Å²) in [4.78, 5) is 0. The molecule has 1 saturated heterocycles. The number of rotatable bonds is 2. The van der Waals surface area contributed by atoms with Gasteiger partial charge in [0.2, 0.25) is 0 Å². The zero-order chi connectivity index (χ0) is 9.91. The molecule has 2 aliphatic rings. The quantitative estimate of drug-likeness (QED) is 0.653. The Kier molecular flexibility index (Phi) is 1.53. The zero-order valence-corrected chi connectivity index (χ0v) is 8.98. The van der Waals surface area contributed by atoms with Crippen LogP contribution in [0.5, 0.6) is 0 Å². The van der Waals surface area contributed by atoms with E-state index in [1.165, 1.54) is 12.6 Å². The van der Waals surface area contributed by atoms with Gasteiger partial charge in [0.05, 0.1) is 11.2 Å². The Morgan fingerprint density at radius 2 is 2.00 bits per heavy atom. The van der Waals surface area contributed by atoms with Crippen molar-refractivity contribution in [1.29, 1.82) is 5.41 Å². The van der Waals surface area contributed by atoms with Gasteiger partial charge in [0.1, 0.15) is 0 Å². The Balaban J connectivity index is 2.29. The van der Waals surface area contributed by atoms with E-state index < -0.39 is 0 Å². The van der Waals surface area contributed by atoms with Crippen molar-refractivity contribution < 1.29 is 4.74 Å². The van der Waals surface area contributed by atoms with Crippen LogP contribution in [-0.2, 0) is 4.74 Å². The van der Waals surface area contributed by atoms with Crippen LogP contribution < -0.4 is 0 Å². The van der Waals surface area contributed by atoms with E-state index in [1.807, 2.05) is 0 Å². The van der Waals surface area contributed by atoms with Gasteiger partial charge in [-0.3, -0.25) is 0 Å². The molecule has 1 aliphatic heterocycles. The van der Waals surface area contributed by atoms with E-state index >= 15 is 0 Å². The van der Waals surface area contributed by atoms with Crippen LogP contribution in [0.1, 0.15) is 40.5 Å². The van der Waals surface area contributed by atoms with E-state index in [0.29, 0.717) is 11.3 Å². The molecule has 0 aromatic carbocycles. The molecule has 0 amide bonds. The number of hydrogen-bond acceptors (Lipinski definition) is 2. The molecule has 74 valence electrons. The molecule has 1 aliphatic carbocycles. The van der Waals surface area contributed by atoms with E-state index in [2.05, 4.69) is 27.7 Å². The summed E-state index contributed by atoms with van der Waals surface area (Å²) < 4.78 is 6.09. The Bertz CT molecular complexity index is 261. The van der Waals surface area contributed by atoms with Crippen molar-refractivity contribution in [3.8, 4) is 0 Å². The monoisotopic (exact) mass is 181 g/mol. The van der Waals surface area contributed by atoms with Crippen LogP contribution >= 0.6 is 0 Å². The fourth-order valence-electron chi connectivity index (χ4n) is 3.20. The Labute approximate surface area is 80.2 Å². The van der Waals surface area contributed by atoms with E-state index in [9.17, 15) is 0 Å². The van der Waals surface area contributed by atoms with Crippen LogP contribution in [0, 0.1) is 16.7 Å². The molecule has 0 aromatic rings. The first-order chi connectivity index (χ1) is 5.86. The minimum Gasteiger partial charge on any atom is -0.368 e. The maximum absolute atomic E-state index is 7.21. The van der Waals surface area contributed by atoms with Crippen LogP contribution in [0.15, 0.2) is 0 Å². The zero-order valence-electron chi connectivity index (χ0n) is 8.98. The smallest absolute Gasteiger partial charge is 0.0767 e. The third-order valence-electron chi connectivity index (χ3n) is 4.26. The summed E-state index contributed by atoms with van der Waals surface area (Å²) in [5.41, 5.74) is 0.253. The van der Waals surface area contributed by atoms with Gasteiger partial charge in [0.25, 0.3) is 0 Å². The second-order valence-electron chi connectivity index (χ2n) is 5.52. The van der Waals surface area contributed by atoms with Crippen LogP contribution in [0.4, 0.5) is 0 Å². The fraction of sp³-hybridized carbons (Fsp3) is 0.909. The van der Waals surface area contributed by atoms with Gasteiger partial charge in [-0.05, 0) is 39.3 Å². The average molecular weight is 181 g/mol. The molecule has 2 fully saturated rings. The van der Waals surface area contributed by atoms with Gasteiger partial charge in [-0.25, -0.2) is 0 Å². The van der Waals surface area contributed by atoms with Gasteiger partial charge in [-0.2, -0.15) is 0 Å². The lowest BCUT2D eigenvalue weighted by atomic mass is 9.84. The summed E-state index contributed by atoms with van der Waals surface area (Å²) in [6, 6.07) is 0. The molecule has 13 heavy (non-hydrogen) atoms. The molecule has 0 radical (unpaired) electrons. The third-order valence-corrected chi connectivity index (χ3v) is 4.26. The second kappa shape index (κ2) is 2.17. The maximum Gasteiger partial charge on any atom is 0.0767 e. The predicted molar refractivity (Wildman–Crippen MR) is 53.2 cm³/mol. The summed E-state index contributed by atoms with van der Waals surface area (Å²) in [5, 5.41) is 7.21. The summed E-state index contributed by atoms with van der Waals surface area (Å²) in [7, 11) is 0. The van der Waals surface area contributed by atoms with Gasteiger partial charge in [0, 0.05) is 11.8 Å². The average Bonchev–Trinajstić information content (AvgIpc) is 2.59. The minimum absolute atomic E-state index is 0.0203. The Hall–Kier alpha value is -0.370. The molecule has 0 spiro atoms. The SMILES string of the molecule is CC1(C)OC(C)(CC=N)C2(C)CC12. The Morgan fingerprint density at radius 3 is 2.31 bits per heavy atom. The standard InChI is InChI=1S/C11H19NO/c1-9(2)8-7-10(8,3)11(4,13-9)5-6-12/h6,8,12H,5,7H2,1-4H3. The lowest BCUT2D eigenvalue weighted by Crippen LogP contribution is -2.37. The first-order valence-electron chi connectivity index (χ1n) is 5.05. The van der Waals surface area contributed by atoms with Gasteiger partial charge in [0.15, 0.2) is 0 Å². The van der Waals surface area contributed by atoms with Gasteiger partial charge >= 0.3 is 0 Å². The highest BCUT2D eigenvalue weighted by atomic mass is 16.5. The molecule has 3 atom stereocenters. The number of ether oxygens (including phenoxy) is 1. The summed E-state index contributed by atoms with van der Waals surface area (Å²) in [6.45, 7) is 8.82. The van der Waals surface area contributed by atoms with Gasteiger partial charge < -0.3 is 10.1 Å². The van der Waals surface area contributed by atoms with E-state index in [-0.39, 0.29) is 11.2 Å². The van der Waals surface area contributed by atoms with Crippen molar-refractivity contribution in [1.82, 2.24) is 0 Å². The molecule has 0 bridgehead atoms. The fourth-order valence-corrected chi connectivity index (χ4v) is 3.20. The molecule has 2 rings (SSSR count). The summed E-state index contributed by atoms with van der Waals surface area (Å²) in [5.74, 6) is 0.699. The summed E-state index contributed by atoms with van der Waals surface area (Å²) in [6.07, 6.45) is 3.51. The molecule has 1 saturated carbocycles. The third kappa shape index (κ3) is 0.954. The number of nitrogens with one attached hydrogen (secondary N) is 1. The van der Waals surface area contributed by atoms with Crippen molar-refractivity contribution in [3.63, 3.8) is 0 Å². The lowest BCUT2D eigenvalue weighted by Gasteiger charge is -2.34. The first-order valence-corrected chi connectivity index (χ1v) is 5.05. The van der Waals surface area contributed by atoms with Crippen LogP contribution in [0.3, 0.4) is 0 Å². The summed E-state index contributed by atoms with van der Waals surface area (Å²) >= 11 is 0. The van der Waals surface area contributed by atoms with Crippen molar-refractivity contribution in [2.24, 2.45) is 11.3 Å². The first kappa shape index (κ1) is 9.20. The van der Waals surface area contributed by atoms with Crippen LogP contribution in [0.2, 0.25) is 0 Å². The molecule has 1 heterocycles. The molecule has 1 N–H and O–H groups in total. The van der Waals surface area contributed by atoms with E-state index in [1.54, 1.807) is 0 Å². The predicted octanol–water partition coefficient (Wildman–Crippen LogP) is 2.62. The van der Waals surface area contributed by atoms with Crippen molar-refractivity contribution in [3.05, 3.63) is 0 Å². The van der Waals surface area contributed by atoms with Crippen LogP contribution in [-0.4, -0.2) is 17.4 Å². The van der Waals surface area contributed by atoms with Gasteiger partial charge in [-0.1, -0.05) is 6.92 Å². The molecule has 0 aromatic heterocycles. The van der Waals surface area contributed by atoms with Crippen molar-refractivity contribution >= 4 is 6.21 Å². The largest absolute Gasteiger partial charge is 0.368 e. The van der Waals surface area contributed by atoms with Crippen LogP contribution in [0.25, 0.3) is 0 Å². The highest BCUT2D eigenvalue weighted by Crippen LogP contribution is 2.72. The topological polar surface area (TPSA) is 33.1 Å². The maximum atomic E-state index is 7.21. The molecule has 2 heteroatoms. The lowest BCUT2D eigenvalue weighted by molar-refractivity contribution is -0.112. The van der Waals surface area contributed by atoms with Gasteiger partial charge in [-0.15, -0.1) is 0 Å². The van der Waals surface area contributed by atoms with E-state index in [0.717, 1.165) is 6.42 Å². The minimum atomic E-state index is -0.0943. The molecule has 2 nitrogen and oxygen atoms in total. The van der Waals surface area contributed by atoms with Crippen molar-refractivity contribution in [2.75, 3.05) is 0 Å². The normalized spacial score (nSPS) is 51.5. The molecular weight excluding hydrogens is 162 g/mol. The number of hydrogen-bond donors (Lipinski definition) is 1. The molecule has 3 unspecified atom stereocenters. The van der Waals surface area contributed by atoms with E-state index in [4.69, 9.17) is 10.1 Å². The highest BCUT2D eigenvalue weighted by Gasteiger charge is 2.73. The molecular formula is C11H19NO. The highest BCUT2D eigenvalue weighted by molar-refractivity contribution is 5.56. The second-order valence-corrected chi connectivity index (χ2v) is 5.52. The number of fused-ring (bicyclic) bond motifs is 1. The Morgan fingerprint density at radius 1 is 1.38 bits per heavy atom. The van der Waals surface area contributed by atoms with Crippen molar-refractivity contribution in [2.45, 2.75) is 51.7 Å².